The predicted molar refractivity (Wildman–Crippen MR) is 55.8 cm³/mol. The van der Waals surface area contributed by atoms with Crippen molar-refractivity contribution in [2.45, 2.75) is 19.6 Å². The Labute approximate surface area is 85.4 Å². The minimum atomic E-state index is -1.72. The molecule has 0 saturated heterocycles. The van der Waals surface area contributed by atoms with E-state index in [0.29, 0.717) is 0 Å². The first kappa shape index (κ1) is 12.4. The van der Waals surface area contributed by atoms with Crippen molar-refractivity contribution in [3.8, 4) is 12.1 Å². The highest BCUT2D eigenvalue weighted by Gasteiger charge is 2.17. The molecule has 0 aromatic carbocycles. The summed E-state index contributed by atoms with van der Waals surface area (Å²) in [6, 6.07) is 3.71. The van der Waals surface area contributed by atoms with Gasteiger partial charge in [0.1, 0.15) is 0 Å². The molecule has 0 heterocycles. The molecule has 0 saturated carbocycles. The lowest BCUT2D eigenvalue weighted by Gasteiger charge is -2.24. The number of hydrogen-bond donors (Lipinski definition) is 0. The summed E-state index contributed by atoms with van der Waals surface area (Å²) >= 11 is 0. The van der Waals surface area contributed by atoms with Crippen LogP contribution in [0.25, 0.3) is 0 Å². The third-order valence-electron chi connectivity index (χ3n) is 0.971. The second-order valence-corrected chi connectivity index (χ2v) is 7.86. The fourth-order valence-electron chi connectivity index (χ4n) is 0.640. The SMILES string of the molecule is C[Si](C)(C)ON(/C=C\C#N)/C=C\C#N. The number of hydroxylamine groups is 2. The minimum Gasteiger partial charge on any atom is -0.316 e. The lowest BCUT2D eigenvalue weighted by atomic mass is 10.6. The van der Waals surface area contributed by atoms with E-state index in [-0.39, 0.29) is 0 Å². The fraction of sp³-hybridized carbons (Fsp3) is 0.333. The van der Waals surface area contributed by atoms with Crippen LogP contribution in [0.1, 0.15) is 0 Å². The Morgan fingerprint density at radius 3 is 1.79 bits per heavy atom. The van der Waals surface area contributed by atoms with Crippen molar-refractivity contribution < 1.29 is 4.53 Å². The molecule has 0 spiro atoms. The van der Waals surface area contributed by atoms with Crippen molar-refractivity contribution in [3.05, 3.63) is 24.6 Å². The van der Waals surface area contributed by atoms with Crippen molar-refractivity contribution in [3.63, 3.8) is 0 Å². The van der Waals surface area contributed by atoms with Gasteiger partial charge in [-0.05, 0) is 19.6 Å². The van der Waals surface area contributed by atoms with Crippen LogP contribution in [-0.2, 0) is 4.53 Å². The second kappa shape index (κ2) is 5.98. The summed E-state index contributed by atoms with van der Waals surface area (Å²) in [5.41, 5.74) is 0. The van der Waals surface area contributed by atoms with Gasteiger partial charge in [-0.3, -0.25) is 0 Å². The molecule has 0 atom stereocenters. The Hall–Kier alpha value is -1.56. The van der Waals surface area contributed by atoms with E-state index in [1.54, 1.807) is 0 Å². The van der Waals surface area contributed by atoms with E-state index in [1.165, 1.54) is 29.6 Å². The third kappa shape index (κ3) is 7.11. The molecule has 0 aromatic rings. The molecule has 0 bridgehead atoms. The van der Waals surface area contributed by atoms with E-state index < -0.39 is 8.32 Å². The number of nitrogens with zero attached hydrogens (tertiary/aromatic N) is 3. The molecule has 0 aliphatic carbocycles. The van der Waals surface area contributed by atoms with Crippen LogP contribution in [0.3, 0.4) is 0 Å². The van der Waals surface area contributed by atoms with Gasteiger partial charge in [-0.25, -0.2) is 5.06 Å². The molecule has 5 heteroatoms. The largest absolute Gasteiger partial charge is 0.316 e. The maximum absolute atomic E-state index is 8.34. The summed E-state index contributed by atoms with van der Waals surface area (Å²) in [5.74, 6) is 0. The molecule has 0 unspecified atom stereocenters. The van der Waals surface area contributed by atoms with Crippen LogP contribution in [0.4, 0.5) is 0 Å². The highest BCUT2D eigenvalue weighted by Crippen LogP contribution is 2.07. The van der Waals surface area contributed by atoms with Crippen molar-refractivity contribution in [2.24, 2.45) is 0 Å². The van der Waals surface area contributed by atoms with Crippen LogP contribution in [0.15, 0.2) is 24.6 Å². The summed E-state index contributed by atoms with van der Waals surface area (Å²) in [6.07, 6.45) is 5.54. The predicted octanol–water partition coefficient (Wildman–Crippen LogP) is 2.13. The van der Waals surface area contributed by atoms with Crippen molar-refractivity contribution >= 4 is 8.32 Å². The second-order valence-electron chi connectivity index (χ2n) is 3.45. The van der Waals surface area contributed by atoms with E-state index >= 15 is 0 Å². The highest BCUT2D eigenvalue weighted by atomic mass is 28.4. The standard InChI is InChI=1S/C9H13N3OSi/c1-14(2,3)13-12(8-4-6-10)9-5-7-11/h4-5,8-9H,1-3H3/b8-4-,9-5-. The average Bonchev–Trinajstić information content (AvgIpc) is 2.07. The summed E-state index contributed by atoms with van der Waals surface area (Å²) in [7, 11) is -1.72. The van der Waals surface area contributed by atoms with Gasteiger partial charge in [0.25, 0.3) is 0 Å². The summed E-state index contributed by atoms with van der Waals surface area (Å²) in [4.78, 5) is 0. The third-order valence-corrected chi connectivity index (χ3v) is 1.73. The Kier molecular flexibility index (Phi) is 5.31. The zero-order chi connectivity index (χ0) is 11.0. The van der Waals surface area contributed by atoms with Gasteiger partial charge >= 0.3 is 0 Å². The molecule has 0 radical (unpaired) electrons. The molecule has 0 aromatic heterocycles. The smallest absolute Gasteiger partial charge is 0.221 e. The molecule has 0 aliphatic rings. The van der Waals surface area contributed by atoms with Crippen LogP contribution < -0.4 is 0 Å². The molecule has 74 valence electrons. The molecule has 0 aliphatic heterocycles. The van der Waals surface area contributed by atoms with Crippen LogP contribution in [0.5, 0.6) is 0 Å². The summed E-state index contributed by atoms with van der Waals surface area (Å²) < 4.78 is 5.54. The summed E-state index contributed by atoms with van der Waals surface area (Å²) in [5, 5.41) is 18.1. The Bertz CT molecular complexity index is 279. The number of nitriles is 2. The lowest BCUT2D eigenvalue weighted by Crippen LogP contribution is -2.31. The Morgan fingerprint density at radius 1 is 1.07 bits per heavy atom. The minimum absolute atomic E-state index is 1.29. The number of hydrogen-bond acceptors (Lipinski definition) is 4. The van der Waals surface area contributed by atoms with Crippen LogP contribution >= 0.6 is 0 Å². The molecule has 0 rings (SSSR count). The topological polar surface area (TPSA) is 60.0 Å². The van der Waals surface area contributed by atoms with Gasteiger partial charge in [0.05, 0.1) is 12.1 Å². The van der Waals surface area contributed by atoms with Gasteiger partial charge in [0.15, 0.2) is 0 Å². The molecule has 0 N–H and O–H groups in total. The quantitative estimate of drug-likeness (QED) is 0.402. The van der Waals surface area contributed by atoms with E-state index in [4.69, 9.17) is 15.1 Å². The van der Waals surface area contributed by atoms with Gasteiger partial charge < -0.3 is 4.53 Å². The zero-order valence-corrected chi connectivity index (χ0v) is 9.56. The Morgan fingerprint density at radius 2 is 1.50 bits per heavy atom. The summed E-state index contributed by atoms with van der Waals surface area (Å²) in [6.45, 7) is 6.04. The zero-order valence-electron chi connectivity index (χ0n) is 8.56. The Balaban J connectivity index is 4.44. The molecular weight excluding hydrogens is 194 g/mol. The first-order valence-corrected chi connectivity index (χ1v) is 7.50. The maximum Gasteiger partial charge on any atom is 0.221 e. The van der Waals surface area contributed by atoms with Gasteiger partial charge in [-0.1, -0.05) is 0 Å². The van der Waals surface area contributed by atoms with Gasteiger partial charge in [-0.15, -0.1) is 0 Å². The average molecular weight is 207 g/mol. The maximum atomic E-state index is 8.34. The first-order valence-electron chi connectivity index (χ1n) is 4.09. The highest BCUT2D eigenvalue weighted by molar-refractivity contribution is 6.69. The van der Waals surface area contributed by atoms with Crippen LogP contribution in [-0.4, -0.2) is 13.4 Å². The lowest BCUT2D eigenvalue weighted by molar-refractivity contribution is 0.0359. The number of allylic oxidation sites excluding steroid dienone is 2. The van der Waals surface area contributed by atoms with Gasteiger partial charge in [0, 0.05) is 24.6 Å². The van der Waals surface area contributed by atoms with Gasteiger partial charge in [-0.2, -0.15) is 10.5 Å². The van der Waals surface area contributed by atoms with Crippen molar-refractivity contribution in [2.75, 3.05) is 0 Å². The van der Waals surface area contributed by atoms with Crippen molar-refractivity contribution in [1.29, 1.82) is 10.5 Å². The van der Waals surface area contributed by atoms with E-state index in [9.17, 15) is 0 Å². The van der Waals surface area contributed by atoms with Crippen LogP contribution in [0.2, 0.25) is 19.6 Å². The monoisotopic (exact) mass is 207 g/mol. The van der Waals surface area contributed by atoms with E-state index in [1.807, 2.05) is 31.8 Å². The first-order chi connectivity index (χ1) is 6.49. The van der Waals surface area contributed by atoms with E-state index in [2.05, 4.69) is 0 Å². The van der Waals surface area contributed by atoms with Crippen LogP contribution in [0, 0.1) is 22.7 Å². The molecular formula is C9H13N3OSi. The molecule has 0 fully saturated rings. The number of rotatable bonds is 4. The molecule has 0 amide bonds. The normalized spacial score (nSPS) is 11.5. The fourth-order valence-corrected chi connectivity index (χ4v) is 1.39. The van der Waals surface area contributed by atoms with Crippen molar-refractivity contribution in [1.82, 2.24) is 5.06 Å². The molecule has 4 nitrogen and oxygen atoms in total. The molecule has 14 heavy (non-hydrogen) atoms. The van der Waals surface area contributed by atoms with E-state index in [0.717, 1.165) is 0 Å². The van der Waals surface area contributed by atoms with Gasteiger partial charge in [0.2, 0.25) is 8.32 Å².